The Balaban J connectivity index is 3.58. The van der Waals surface area contributed by atoms with Gasteiger partial charge in [0.05, 0.1) is 0 Å². The molecule has 2 amide bonds. The molecule has 6 nitrogen and oxygen atoms in total. The number of carbonyl (C=O) groups excluding carboxylic acids is 2. The summed E-state index contributed by atoms with van der Waals surface area (Å²) in [5.74, 6) is 0.829. The lowest BCUT2D eigenvalue weighted by molar-refractivity contribution is -0.123. The van der Waals surface area contributed by atoms with Crippen molar-refractivity contribution >= 4 is 24.2 Å². The maximum Gasteiger partial charge on any atom is 0.240 e. The van der Waals surface area contributed by atoms with Crippen molar-refractivity contribution in [3.05, 3.63) is 0 Å². The Morgan fingerprint density at radius 3 is 1.50 bits per heavy atom. The molecular formula is C16H30N4O2. The van der Waals surface area contributed by atoms with Gasteiger partial charge in [-0.1, -0.05) is 27.7 Å². The molecule has 0 saturated carbocycles. The SMILES string of the molecule is CC(C)CC=NNC(=O)CCCCC(=O)NN=CCC(C)C. The first-order chi connectivity index (χ1) is 10.4. The van der Waals surface area contributed by atoms with Gasteiger partial charge in [-0.2, -0.15) is 10.2 Å². The molecule has 0 spiro atoms. The Kier molecular flexibility index (Phi) is 12.0. The highest BCUT2D eigenvalue weighted by atomic mass is 16.2. The summed E-state index contributed by atoms with van der Waals surface area (Å²) in [6, 6.07) is 0. The van der Waals surface area contributed by atoms with E-state index < -0.39 is 0 Å². The summed E-state index contributed by atoms with van der Waals surface area (Å²) in [4.78, 5) is 22.9. The van der Waals surface area contributed by atoms with E-state index in [1.54, 1.807) is 12.4 Å². The van der Waals surface area contributed by atoms with E-state index in [0.717, 1.165) is 12.8 Å². The van der Waals surface area contributed by atoms with Crippen molar-refractivity contribution in [2.75, 3.05) is 0 Å². The zero-order valence-electron chi connectivity index (χ0n) is 14.3. The molecule has 0 saturated heterocycles. The van der Waals surface area contributed by atoms with Gasteiger partial charge < -0.3 is 0 Å². The normalized spacial score (nSPS) is 11.7. The van der Waals surface area contributed by atoms with Crippen LogP contribution >= 0.6 is 0 Å². The molecule has 2 N–H and O–H groups in total. The number of hydrazone groups is 2. The van der Waals surface area contributed by atoms with Crippen molar-refractivity contribution in [3.63, 3.8) is 0 Å². The average Bonchev–Trinajstić information content (AvgIpc) is 2.44. The molecule has 0 bridgehead atoms. The first-order valence-electron chi connectivity index (χ1n) is 8.02. The predicted molar refractivity (Wildman–Crippen MR) is 90.6 cm³/mol. The third-order valence-electron chi connectivity index (χ3n) is 2.77. The minimum absolute atomic E-state index is 0.115. The molecule has 0 rings (SSSR count). The molecule has 126 valence electrons. The van der Waals surface area contributed by atoms with Gasteiger partial charge in [-0.3, -0.25) is 9.59 Å². The summed E-state index contributed by atoms with van der Waals surface area (Å²) in [5.41, 5.74) is 4.97. The van der Waals surface area contributed by atoms with E-state index in [0.29, 0.717) is 37.5 Å². The molecule has 0 aromatic heterocycles. The lowest BCUT2D eigenvalue weighted by atomic mass is 10.1. The van der Waals surface area contributed by atoms with Gasteiger partial charge in [-0.15, -0.1) is 0 Å². The van der Waals surface area contributed by atoms with Gasteiger partial charge in [0.2, 0.25) is 11.8 Å². The molecular weight excluding hydrogens is 280 g/mol. The van der Waals surface area contributed by atoms with E-state index in [2.05, 4.69) is 48.7 Å². The van der Waals surface area contributed by atoms with Crippen LogP contribution in [0.2, 0.25) is 0 Å². The van der Waals surface area contributed by atoms with Crippen LogP contribution in [0.15, 0.2) is 10.2 Å². The minimum Gasteiger partial charge on any atom is -0.273 e. The Morgan fingerprint density at radius 1 is 0.818 bits per heavy atom. The molecule has 0 atom stereocenters. The van der Waals surface area contributed by atoms with Crippen LogP contribution in [0.25, 0.3) is 0 Å². The van der Waals surface area contributed by atoms with Gasteiger partial charge in [0, 0.05) is 25.3 Å². The highest BCUT2D eigenvalue weighted by Crippen LogP contribution is 2.00. The fraction of sp³-hybridized carbons (Fsp3) is 0.750. The molecule has 0 fully saturated rings. The summed E-state index contributed by atoms with van der Waals surface area (Å²) < 4.78 is 0. The lowest BCUT2D eigenvalue weighted by Gasteiger charge is -2.02. The molecule has 0 heterocycles. The first-order valence-corrected chi connectivity index (χ1v) is 8.02. The van der Waals surface area contributed by atoms with Crippen molar-refractivity contribution in [2.24, 2.45) is 22.0 Å². The second-order valence-electron chi connectivity index (χ2n) is 6.16. The van der Waals surface area contributed by atoms with Crippen molar-refractivity contribution in [3.8, 4) is 0 Å². The molecule has 0 aliphatic heterocycles. The van der Waals surface area contributed by atoms with E-state index in [1.807, 2.05) is 0 Å². The number of carbonyl (C=O) groups is 2. The molecule has 0 aromatic carbocycles. The van der Waals surface area contributed by atoms with Crippen molar-refractivity contribution in [1.82, 2.24) is 10.9 Å². The Morgan fingerprint density at radius 2 is 1.18 bits per heavy atom. The van der Waals surface area contributed by atoms with E-state index in [1.165, 1.54) is 0 Å². The molecule has 0 unspecified atom stereocenters. The third kappa shape index (κ3) is 14.7. The van der Waals surface area contributed by atoms with Crippen LogP contribution in [-0.4, -0.2) is 24.2 Å². The largest absolute Gasteiger partial charge is 0.273 e. The second-order valence-corrected chi connectivity index (χ2v) is 6.16. The van der Waals surface area contributed by atoms with Crippen LogP contribution in [-0.2, 0) is 9.59 Å². The van der Waals surface area contributed by atoms with Gasteiger partial charge in [0.25, 0.3) is 0 Å². The van der Waals surface area contributed by atoms with Crippen LogP contribution in [0, 0.1) is 11.8 Å². The summed E-state index contributed by atoms with van der Waals surface area (Å²) in [5, 5.41) is 7.73. The summed E-state index contributed by atoms with van der Waals surface area (Å²) in [6.07, 6.45) is 7.20. The van der Waals surface area contributed by atoms with Crippen molar-refractivity contribution in [2.45, 2.75) is 66.2 Å². The third-order valence-corrected chi connectivity index (χ3v) is 2.77. The quantitative estimate of drug-likeness (QED) is 0.349. The zero-order chi connectivity index (χ0) is 16.8. The molecule has 0 aliphatic rings. The van der Waals surface area contributed by atoms with Crippen LogP contribution < -0.4 is 10.9 Å². The average molecular weight is 310 g/mol. The highest BCUT2D eigenvalue weighted by molar-refractivity contribution is 5.77. The summed E-state index contributed by atoms with van der Waals surface area (Å²) in [7, 11) is 0. The van der Waals surface area contributed by atoms with Gasteiger partial charge in [0.1, 0.15) is 0 Å². The van der Waals surface area contributed by atoms with Gasteiger partial charge in [-0.05, 0) is 37.5 Å². The topological polar surface area (TPSA) is 82.9 Å². The van der Waals surface area contributed by atoms with E-state index in [4.69, 9.17) is 0 Å². The fourth-order valence-corrected chi connectivity index (χ4v) is 1.45. The zero-order valence-corrected chi connectivity index (χ0v) is 14.3. The number of unbranched alkanes of at least 4 members (excludes halogenated alkanes) is 1. The predicted octanol–water partition coefficient (Wildman–Crippen LogP) is 2.84. The van der Waals surface area contributed by atoms with Gasteiger partial charge in [-0.25, -0.2) is 10.9 Å². The number of amides is 2. The molecule has 6 heteroatoms. The van der Waals surface area contributed by atoms with Crippen molar-refractivity contribution in [1.29, 1.82) is 0 Å². The second kappa shape index (κ2) is 13.0. The fourth-order valence-electron chi connectivity index (χ4n) is 1.45. The van der Waals surface area contributed by atoms with Gasteiger partial charge >= 0.3 is 0 Å². The number of rotatable bonds is 11. The maximum absolute atomic E-state index is 11.5. The van der Waals surface area contributed by atoms with E-state index >= 15 is 0 Å². The van der Waals surface area contributed by atoms with Crippen LogP contribution in [0.4, 0.5) is 0 Å². The van der Waals surface area contributed by atoms with Crippen LogP contribution in [0.5, 0.6) is 0 Å². The standard InChI is InChI=1S/C16H30N4O2/c1-13(2)9-11-17-19-15(21)7-5-6-8-16(22)20-18-12-10-14(3)4/h11-14H,5-10H2,1-4H3,(H,19,21)(H,20,22). The Hall–Kier alpha value is -1.72. The minimum atomic E-state index is -0.115. The number of nitrogens with one attached hydrogen (secondary N) is 2. The molecule has 0 aliphatic carbocycles. The smallest absolute Gasteiger partial charge is 0.240 e. The van der Waals surface area contributed by atoms with Crippen molar-refractivity contribution < 1.29 is 9.59 Å². The lowest BCUT2D eigenvalue weighted by Crippen LogP contribution is -2.19. The number of nitrogens with zero attached hydrogens (tertiary/aromatic N) is 2. The van der Waals surface area contributed by atoms with E-state index in [9.17, 15) is 9.59 Å². The van der Waals surface area contributed by atoms with E-state index in [-0.39, 0.29) is 11.8 Å². The molecule has 0 aromatic rings. The summed E-state index contributed by atoms with van der Waals surface area (Å²) in [6.45, 7) is 8.36. The summed E-state index contributed by atoms with van der Waals surface area (Å²) >= 11 is 0. The van der Waals surface area contributed by atoms with Crippen LogP contribution in [0.1, 0.15) is 66.2 Å². The Bertz CT molecular complexity index is 340. The maximum atomic E-state index is 11.5. The Labute approximate surface area is 133 Å². The first kappa shape index (κ1) is 20.3. The number of hydrogen-bond acceptors (Lipinski definition) is 4. The highest BCUT2D eigenvalue weighted by Gasteiger charge is 2.02. The molecule has 0 radical (unpaired) electrons. The number of hydrogen-bond donors (Lipinski definition) is 2. The van der Waals surface area contributed by atoms with Crippen LogP contribution in [0.3, 0.4) is 0 Å². The van der Waals surface area contributed by atoms with Gasteiger partial charge in [0.15, 0.2) is 0 Å². The molecule has 22 heavy (non-hydrogen) atoms. The monoisotopic (exact) mass is 310 g/mol.